The number of rotatable bonds is 7. The molecule has 1 aliphatic heterocycles. The molecule has 0 saturated carbocycles. The first-order chi connectivity index (χ1) is 10.0. The zero-order chi connectivity index (χ0) is 15.3. The van der Waals surface area contributed by atoms with E-state index in [0.717, 1.165) is 39.1 Å². The molecular formula is C18H30N2O. The van der Waals surface area contributed by atoms with Crippen LogP contribution in [0, 0.1) is 5.92 Å². The van der Waals surface area contributed by atoms with Crippen molar-refractivity contribution >= 4 is 0 Å². The lowest BCUT2D eigenvalue weighted by atomic mass is 9.81. The summed E-state index contributed by atoms with van der Waals surface area (Å²) in [6.07, 6.45) is 0.927. The van der Waals surface area contributed by atoms with Crippen LogP contribution in [0.5, 0.6) is 0 Å². The molecule has 1 heterocycles. The Morgan fingerprint density at radius 1 is 1.38 bits per heavy atom. The maximum Gasteiger partial charge on any atom is 0.0552 e. The number of hydrogen-bond acceptors (Lipinski definition) is 3. The Kier molecular flexibility index (Phi) is 5.80. The van der Waals surface area contributed by atoms with Crippen molar-refractivity contribution in [3.05, 3.63) is 35.9 Å². The molecule has 0 spiro atoms. The maximum atomic E-state index is 9.79. The Morgan fingerprint density at radius 3 is 2.67 bits per heavy atom. The van der Waals surface area contributed by atoms with Gasteiger partial charge in [0.2, 0.25) is 0 Å². The SMILES string of the molecule is CCNCC(C)(CN1CCC(C(C)O)C1)c1ccccc1. The molecule has 0 radical (unpaired) electrons. The largest absolute Gasteiger partial charge is 0.393 e. The van der Waals surface area contributed by atoms with Gasteiger partial charge in [0, 0.05) is 25.0 Å². The minimum Gasteiger partial charge on any atom is -0.393 e. The van der Waals surface area contributed by atoms with Crippen LogP contribution < -0.4 is 5.32 Å². The summed E-state index contributed by atoms with van der Waals surface area (Å²) in [5.41, 5.74) is 1.51. The molecule has 3 atom stereocenters. The van der Waals surface area contributed by atoms with E-state index in [9.17, 15) is 5.11 Å². The Labute approximate surface area is 129 Å². The van der Waals surface area contributed by atoms with Crippen LogP contribution in [0.4, 0.5) is 0 Å². The summed E-state index contributed by atoms with van der Waals surface area (Å²) in [5, 5.41) is 13.3. The highest BCUT2D eigenvalue weighted by Gasteiger charge is 2.33. The summed E-state index contributed by atoms with van der Waals surface area (Å²) in [7, 11) is 0. The molecule has 1 aromatic carbocycles. The van der Waals surface area contributed by atoms with Gasteiger partial charge in [-0.3, -0.25) is 0 Å². The van der Waals surface area contributed by atoms with Crippen LogP contribution in [0.3, 0.4) is 0 Å². The van der Waals surface area contributed by atoms with Gasteiger partial charge in [-0.1, -0.05) is 44.2 Å². The van der Waals surface area contributed by atoms with Crippen LogP contribution in [0.25, 0.3) is 0 Å². The van der Waals surface area contributed by atoms with E-state index in [4.69, 9.17) is 0 Å². The molecule has 21 heavy (non-hydrogen) atoms. The Bertz CT molecular complexity index is 420. The lowest BCUT2D eigenvalue weighted by Crippen LogP contribution is -2.45. The minimum absolute atomic E-state index is 0.116. The van der Waals surface area contributed by atoms with E-state index in [-0.39, 0.29) is 11.5 Å². The van der Waals surface area contributed by atoms with Crippen molar-refractivity contribution in [2.24, 2.45) is 5.92 Å². The van der Waals surface area contributed by atoms with Crippen LogP contribution in [-0.2, 0) is 5.41 Å². The normalized spacial score (nSPS) is 23.9. The summed E-state index contributed by atoms with van der Waals surface area (Å²) in [6.45, 7) is 11.6. The predicted octanol–water partition coefficient (Wildman–Crippen LogP) is 2.26. The van der Waals surface area contributed by atoms with Crippen molar-refractivity contribution in [1.29, 1.82) is 0 Å². The van der Waals surface area contributed by atoms with Crippen molar-refractivity contribution < 1.29 is 5.11 Å². The molecule has 0 aromatic heterocycles. The fraction of sp³-hybridized carbons (Fsp3) is 0.667. The number of likely N-dealkylation sites (N-methyl/N-ethyl adjacent to an activating group) is 1. The number of aliphatic hydroxyl groups is 1. The van der Waals surface area contributed by atoms with Gasteiger partial charge in [-0.25, -0.2) is 0 Å². The van der Waals surface area contributed by atoms with Gasteiger partial charge >= 0.3 is 0 Å². The number of nitrogens with one attached hydrogen (secondary N) is 1. The number of likely N-dealkylation sites (tertiary alicyclic amines) is 1. The Morgan fingerprint density at radius 2 is 2.10 bits per heavy atom. The second-order valence-electron chi connectivity index (χ2n) is 6.73. The van der Waals surface area contributed by atoms with E-state index in [0.29, 0.717) is 5.92 Å². The maximum absolute atomic E-state index is 9.79. The van der Waals surface area contributed by atoms with E-state index in [2.05, 4.69) is 54.4 Å². The van der Waals surface area contributed by atoms with Crippen LogP contribution in [0.2, 0.25) is 0 Å². The van der Waals surface area contributed by atoms with Gasteiger partial charge in [0.05, 0.1) is 6.10 Å². The molecule has 0 bridgehead atoms. The quantitative estimate of drug-likeness (QED) is 0.808. The third-order valence-electron chi connectivity index (χ3n) is 4.80. The van der Waals surface area contributed by atoms with Crippen LogP contribution in [0.1, 0.15) is 32.8 Å². The summed E-state index contributed by atoms with van der Waals surface area (Å²) in [5.74, 6) is 0.434. The second-order valence-corrected chi connectivity index (χ2v) is 6.73. The molecule has 1 aliphatic rings. The van der Waals surface area contributed by atoms with Crippen molar-refractivity contribution in [1.82, 2.24) is 10.2 Å². The van der Waals surface area contributed by atoms with Crippen LogP contribution in [-0.4, -0.2) is 48.8 Å². The number of nitrogens with zero attached hydrogens (tertiary/aromatic N) is 1. The summed E-state index contributed by atoms with van der Waals surface area (Å²) in [4.78, 5) is 2.52. The zero-order valence-corrected chi connectivity index (χ0v) is 13.7. The fourth-order valence-corrected chi connectivity index (χ4v) is 3.38. The molecule has 2 N–H and O–H groups in total. The predicted molar refractivity (Wildman–Crippen MR) is 88.6 cm³/mol. The van der Waals surface area contributed by atoms with Crippen molar-refractivity contribution in [2.45, 2.75) is 38.7 Å². The van der Waals surface area contributed by atoms with Gasteiger partial charge in [-0.2, -0.15) is 0 Å². The highest BCUT2D eigenvalue weighted by Crippen LogP contribution is 2.28. The first kappa shape index (κ1) is 16.5. The van der Waals surface area contributed by atoms with Crippen molar-refractivity contribution in [3.63, 3.8) is 0 Å². The molecule has 2 rings (SSSR count). The van der Waals surface area contributed by atoms with Gasteiger partial charge < -0.3 is 15.3 Å². The molecule has 3 nitrogen and oxygen atoms in total. The van der Waals surface area contributed by atoms with Gasteiger partial charge in [-0.05, 0) is 37.9 Å². The summed E-state index contributed by atoms with van der Waals surface area (Å²) >= 11 is 0. The number of hydrogen-bond donors (Lipinski definition) is 2. The molecule has 0 amide bonds. The van der Waals surface area contributed by atoms with E-state index in [1.165, 1.54) is 5.56 Å². The van der Waals surface area contributed by atoms with E-state index >= 15 is 0 Å². The van der Waals surface area contributed by atoms with Gasteiger partial charge in [0.1, 0.15) is 0 Å². The third-order valence-corrected chi connectivity index (χ3v) is 4.80. The standard InChI is InChI=1S/C18H30N2O/c1-4-19-13-18(3,17-8-6-5-7-9-17)14-20-11-10-16(12-20)15(2)21/h5-9,15-16,19,21H,4,10-14H2,1-3H3. The van der Waals surface area contributed by atoms with E-state index in [1.807, 2.05) is 6.92 Å². The molecule has 0 aliphatic carbocycles. The molecular weight excluding hydrogens is 260 g/mol. The first-order valence-corrected chi connectivity index (χ1v) is 8.22. The molecule has 1 aromatic rings. The Hall–Kier alpha value is -0.900. The first-order valence-electron chi connectivity index (χ1n) is 8.22. The van der Waals surface area contributed by atoms with E-state index < -0.39 is 0 Å². The minimum atomic E-state index is -0.188. The van der Waals surface area contributed by atoms with Crippen LogP contribution >= 0.6 is 0 Å². The Balaban J connectivity index is 2.07. The lowest BCUT2D eigenvalue weighted by molar-refractivity contribution is 0.124. The summed E-state index contributed by atoms with van der Waals surface area (Å²) < 4.78 is 0. The molecule has 3 unspecified atom stereocenters. The molecule has 118 valence electrons. The third kappa shape index (κ3) is 4.29. The average Bonchev–Trinajstić information content (AvgIpc) is 2.95. The number of benzene rings is 1. The van der Waals surface area contributed by atoms with Gasteiger partial charge in [0.15, 0.2) is 0 Å². The van der Waals surface area contributed by atoms with E-state index in [1.54, 1.807) is 0 Å². The lowest BCUT2D eigenvalue weighted by Gasteiger charge is -2.35. The van der Waals surface area contributed by atoms with Crippen molar-refractivity contribution in [2.75, 3.05) is 32.7 Å². The second kappa shape index (κ2) is 7.39. The van der Waals surface area contributed by atoms with Crippen LogP contribution in [0.15, 0.2) is 30.3 Å². The smallest absolute Gasteiger partial charge is 0.0552 e. The van der Waals surface area contributed by atoms with Gasteiger partial charge in [-0.15, -0.1) is 0 Å². The highest BCUT2D eigenvalue weighted by molar-refractivity contribution is 5.25. The fourth-order valence-electron chi connectivity index (χ4n) is 3.38. The molecule has 3 heteroatoms. The summed E-state index contributed by atoms with van der Waals surface area (Å²) in [6, 6.07) is 10.8. The monoisotopic (exact) mass is 290 g/mol. The van der Waals surface area contributed by atoms with Crippen molar-refractivity contribution in [3.8, 4) is 0 Å². The average molecular weight is 290 g/mol. The zero-order valence-electron chi connectivity index (χ0n) is 13.7. The topological polar surface area (TPSA) is 35.5 Å². The molecule has 1 saturated heterocycles. The highest BCUT2D eigenvalue weighted by atomic mass is 16.3. The van der Waals surface area contributed by atoms with Gasteiger partial charge in [0.25, 0.3) is 0 Å². The molecule has 1 fully saturated rings. The number of aliphatic hydroxyl groups excluding tert-OH is 1.